The molecule has 218 valence electrons. The molecule has 2 heterocycles. The normalized spacial score (nSPS) is 13.3. The van der Waals surface area contributed by atoms with Crippen molar-refractivity contribution in [2.45, 2.75) is 43.7 Å². The second-order valence-corrected chi connectivity index (χ2v) is 10.5. The summed E-state index contributed by atoms with van der Waals surface area (Å²) in [7, 11) is 1.52. The maximum atomic E-state index is 13.6. The number of halogens is 5. The van der Waals surface area contributed by atoms with E-state index in [1.165, 1.54) is 18.1 Å². The quantitative estimate of drug-likeness (QED) is 0.275. The molecule has 1 aromatic heterocycles. The average Bonchev–Trinajstić information content (AvgIpc) is 2.94. The van der Waals surface area contributed by atoms with E-state index in [2.05, 4.69) is 10.3 Å². The molecule has 0 aliphatic carbocycles. The Labute approximate surface area is 245 Å². The molecule has 7 nitrogen and oxygen atoms in total. The van der Waals surface area contributed by atoms with Crippen LogP contribution in [-0.2, 0) is 36.8 Å². The summed E-state index contributed by atoms with van der Waals surface area (Å²) in [4.78, 5) is 30.0. The van der Waals surface area contributed by atoms with Crippen molar-refractivity contribution in [2.24, 2.45) is 0 Å². The number of fused-ring (bicyclic) bond motifs is 1. The van der Waals surface area contributed by atoms with Gasteiger partial charge in [-0.25, -0.2) is 0 Å². The van der Waals surface area contributed by atoms with Gasteiger partial charge < -0.3 is 19.7 Å². The zero-order chi connectivity index (χ0) is 29.7. The number of aryl methyl sites for hydroxylation is 1. The third-order valence-corrected chi connectivity index (χ3v) is 7.01. The molecule has 3 aromatic rings. The maximum absolute atomic E-state index is 13.6. The number of aromatic nitrogens is 1. The Morgan fingerprint density at radius 1 is 1.15 bits per heavy atom. The van der Waals surface area contributed by atoms with Gasteiger partial charge in [-0.1, -0.05) is 36.2 Å². The molecule has 2 aromatic carbocycles. The van der Waals surface area contributed by atoms with Crippen molar-refractivity contribution >= 4 is 40.7 Å². The molecule has 0 saturated heterocycles. The minimum absolute atomic E-state index is 0.130. The monoisotopic (exact) mass is 609 g/mol. The molecule has 41 heavy (non-hydrogen) atoms. The molecular formula is C29H28Cl2F3N3O4. The summed E-state index contributed by atoms with van der Waals surface area (Å²) in [5.74, 6) is -0.403. The summed E-state index contributed by atoms with van der Waals surface area (Å²) >= 11 is 11.1. The van der Waals surface area contributed by atoms with Crippen LogP contribution in [0.3, 0.4) is 0 Å². The number of rotatable bonds is 10. The minimum Gasteiger partial charge on any atom is -0.497 e. The number of carbonyl (C=O) groups is 2. The van der Waals surface area contributed by atoms with Crippen molar-refractivity contribution in [3.8, 4) is 11.5 Å². The second kappa shape index (κ2) is 13.0. The minimum atomic E-state index is -4.68. The van der Waals surface area contributed by atoms with Gasteiger partial charge in [-0.2, -0.15) is 13.2 Å². The van der Waals surface area contributed by atoms with Crippen molar-refractivity contribution in [1.29, 1.82) is 0 Å². The molecular weight excluding hydrogens is 582 g/mol. The van der Waals surface area contributed by atoms with Crippen molar-refractivity contribution < 1.29 is 32.2 Å². The van der Waals surface area contributed by atoms with Gasteiger partial charge in [0.25, 0.3) is 11.8 Å². The highest BCUT2D eigenvalue weighted by molar-refractivity contribution is 6.54. The number of amides is 2. The summed E-state index contributed by atoms with van der Waals surface area (Å²) in [6.07, 6.45) is -1.03. The number of benzene rings is 2. The topological polar surface area (TPSA) is 80.8 Å². The van der Waals surface area contributed by atoms with E-state index in [1.54, 1.807) is 12.1 Å². The molecule has 0 radical (unpaired) electrons. The summed E-state index contributed by atoms with van der Waals surface area (Å²) in [5, 5.41) is 2.28. The molecule has 0 bridgehead atoms. The van der Waals surface area contributed by atoms with Crippen LogP contribution in [-0.4, -0.2) is 46.8 Å². The lowest BCUT2D eigenvalue weighted by Gasteiger charge is -2.30. The van der Waals surface area contributed by atoms with Crippen molar-refractivity contribution in [3.05, 3.63) is 82.2 Å². The number of pyridine rings is 1. The molecule has 0 fully saturated rings. The molecule has 1 aliphatic rings. The van der Waals surface area contributed by atoms with Crippen molar-refractivity contribution in [1.82, 2.24) is 9.88 Å². The smallest absolute Gasteiger partial charge is 0.416 e. The van der Waals surface area contributed by atoms with E-state index in [1.807, 2.05) is 25.3 Å². The molecule has 1 aliphatic heterocycles. The van der Waals surface area contributed by atoms with E-state index in [-0.39, 0.29) is 36.9 Å². The lowest BCUT2D eigenvalue weighted by atomic mass is 9.96. The number of nitrogens with one attached hydrogen (secondary N) is 1. The number of hydrogen-bond acceptors (Lipinski definition) is 5. The van der Waals surface area contributed by atoms with Crippen molar-refractivity contribution in [2.75, 3.05) is 25.6 Å². The Bertz CT molecular complexity index is 1420. The van der Waals surface area contributed by atoms with E-state index in [0.29, 0.717) is 29.9 Å². The van der Waals surface area contributed by atoms with Crippen LogP contribution in [0.25, 0.3) is 0 Å². The fourth-order valence-corrected chi connectivity index (χ4v) is 4.61. The highest BCUT2D eigenvalue weighted by atomic mass is 35.5. The first kappa shape index (κ1) is 30.5. The number of ether oxygens (including phenoxy) is 2. The molecule has 0 spiro atoms. The van der Waals surface area contributed by atoms with Gasteiger partial charge in [-0.15, -0.1) is 0 Å². The average molecular weight is 610 g/mol. The number of anilines is 1. The van der Waals surface area contributed by atoms with Gasteiger partial charge in [0.1, 0.15) is 11.5 Å². The van der Waals surface area contributed by atoms with E-state index in [4.69, 9.17) is 32.7 Å². The fourth-order valence-electron chi connectivity index (χ4n) is 4.50. The Morgan fingerprint density at radius 3 is 2.56 bits per heavy atom. The Hall–Kier alpha value is -3.50. The first-order valence-electron chi connectivity index (χ1n) is 12.9. The predicted octanol–water partition coefficient (Wildman–Crippen LogP) is 6.23. The largest absolute Gasteiger partial charge is 0.497 e. The SMILES string of the molecule is CCc1ccc(CCOc2cc(OC)cc3c2C(=O)N(Cc2cc(NC(=O)C(Cl)Cl)cc(C(F)(F)F)c2)CC3)nc1. The third kappa shape index (κ3) is 7.62. The molecule has 0 atom stereocenters. The van der Waals surface area contributed by atoms with Crippen LogP contribution in [0, 0.1) is 0 Å². The van der Waals surface area contributed by atoms with Gasteiger partial charge in [0.15, 0.2) is 4.84 Å². The zero-order valence-corrected chi connectivity index (χ0v) is 23.9. The highest BCUT2D eigenvalue weighted by Crippen LogP contribution is 2.35. The number of hydrogen-bond donors (Lipinski definition) is 1. The van der Waals surface area contributed by atoms with E-state index in [9.17, 15) is 22.8 Å². The Balaban J connectivity index is 1.57. The van der Waals surface area contributed by atoms with Gasteiger partial charge in [0, 0.05) is 43.2 Å². The first-order valence-corrected chi connectivity index (χ1v) is 13.7. The van der Waals surface area contributed by atoms with Crippen LogP contribution >= 0.6 is 23.2 Å². The predicted molar refractivity (Wildman–Crippen MR) is 150 cm³/mol. The van der Waals surface area contributed by atoms with E-state index >= 15 is 0 Å². The molecule has 0 unspecified atom stereocenters. The second-order valence-electron chi connectivity index (χ2n) is 9.45. The zero-order valence-electron chi connectivity index (χ0n) is 22.4. The Kier molecular flexibility index (Phi) is 9.65. The summed E-state index contributed by atoms with van der Waals surface area (Å²) in [6.45, 7) is 2.43. The molecule has 4 rings (SSSR count). The third-order valence-electron chi connectivity index (χ3n) is 6.61. The summed E-state index contributed by atoms with van der Waals surface area (Å²) < 4.78 is 52.3. The van der Waals surface area contributed by atoms with Crippen molar-refractivity contribution in [3.63, 3.8) is 0 Å². The van der Waals surface area contributed by atoms with Gasteiger partial charge in [0.2, 0.25) is 0 Å². The van der Waals surface area contributed by atoms with Crippen LogP contribution < -0.4 is 14.8 Å². The fraction of sp³-hybridized carbons (Fsp3) is 0.345. The van der Waals surface area contributed by atoms with Crippen LogP contribution in [0.5, 0.6) is 11.5 Å². The number of carbonyl (C=O) groups excluding carboxylic acids is 2. The van der Waals surface area contributed by atoms with Gasteiger partial charge >= 0.3 is 6.18 Å². The summed E-state index contributed by atoms with van der Waals surface area (Å²) in [5.41, 5.74) is 2.08. The van der Waals surface area contributed by atoms with Gasteiger partial charge in [-0.3, -0.25) is 14.6 Å². The summed E-state index contributed by atoms with van der Waals surface area (Å²) in [6, 6.07) is 10.4. The standard InChI is InChI=1S/C29H28Cl2F3N3O4/c1-3-17-4-5-21(35-15-17)7-9-41-24-14-23(40-2)12-19-6-8-37(28(39)25(19)24)16-18-10-20(29(32,33)34)13-22(11-18)36-27(38)26(30)31/h4-5,10-15,26H,3,6-9,16H2,1-2H3,(H,36,38). The number of methoxy groups -OCH3 is 1. The Morgan fingerprint density at radius 2 is 1.93 bits per heavy atom. The van der Waals surface area contributed by atoms with E-state index in [0.717, 1.165) is 35.4 Å². The maximum Gasteiger partial charge on any atom is 0.416 e. The molecule has 2 amide bonds. The number of alkyl halides is 5. The molecule has 12 heteroatoms. The first-order chi connectivity index (χ1) is 19.5. The van der Waals surface area contributed by atoms with E-state index < -0.39 is 22.5 Å². The van der Waals surface area contributed by atoms with Crippen LogP contribution in [0.1, 0.15) is 45.2 Å². The highest BCUT2D eigenvalue weighted by Gasteiger charge is 2.33. The van der Waals surface area contributed by atoms with Crippen LogP contribution in [0.2, 0.25) is 0 Å². The van der Waals surface area contributed by atoms with Gasteiger partial charge in [-0.05, 0) is 59.9 Å². The van der Waals surface area contributed by atoms with Gasteiger partial charge in [0.05, 0.1) is 24.8 Å². The molecule has 1 N–H and O–H groups in total. The molecule has 0 saturated carbocycles. The van der Waals surface area contributed by atoms with Crippen LogP contribution in [0.15, 0.2) is 48.7 Å². The lowest BCUT2D eigenvalue weighted by Crippen LogP contribution is -2.37. The number of nitrogens with zero attached hydrogens (tertiary/aromatic N) is 2. The lowest BCUT2D eigenvalue weighted by molar-refractivity contribution is -0.137. The van der Waals surface area contributed by atoms with Crippen LogP contribution in [0.4, 0.5) is 18.9 Å².